The third-order valence-corrected chi connectivity index (χ3v) is 2.62. The highest BCUT2D eigenvalue weighted by Gasteiger charge is 2.19. The second kappa shape index (κ2) is 4.53. The Bertz CT molecular complexity index is 336. The quantitative estimate of drug-likeness (QED) is 0.782. The number of aryl methyl sites for hydroxylation is 1. The first kappa shape index (κ1) is 10.3. The topological polar surface area (TPSA) is 73.9 Å². The second-order valence-corrected chi connectivity index (χ2v) is 3.71. The lowest BCUT2D eigenvalue weighted by atomic mass is 9.99. The van der Waals surface area contributed by atoms with E-state index in [0.29, 0.717) is 11.9 Å². The van der Waals surface area contributed by atoms with Crippen molar-refractivity contribution in [2.45, 2.75) is 32.1 Å². The van der Waals surface area contributed by atoms with Crippen LogP contribution in [0.2, 0.25) is 0 Å². The summed E-state index contributed by atoms with van der Waals surface area (Å²) in [5, 5.41) is 0. The number of hydrogen-bond donors (Lipinski definition) is 1. The fraction of sp³-hybridized carbons (Fsp3) is 0.700. The predicted octanol–water partition coefficient (Wildman–Crippen LogP) is 0.910. The first-order valence-corrected chi connectivity index (χ1v) is 5.37. The first-order chi connectivity index (χ1) is 7.29. The van der Waals surface area contributed by atoms with E-state index >= 15 is 0 Å². The Labute approximate surface area is 89.1 Å². The van der Waals surface area contributed by atoms with Crippen molar-refractivity contribution in [3.05, 3.63) is 11.6 Å². The molecule has 0 aliphatic carbocycles. The van der Waals surface area contributed by atoms with E-state index in [1.165, 1.54) is 0 Å². The summed E-state index contributed by atoms with van der Waals surface area (Å²) in [4.78, 5) is 12.7. The van der Waals surface area contributed by atoms with Gasteiger partial charge in [0.2, 0.25) is 5.95 Å². The van der Waals surface area contributed by atoms with Gasteiger partial charge in [-0.25, -0.2) is 4.98 Å². The molecular formula is C10H16N4O. The van der Waals surface area contributed by atoms with Crippen molar-refractivity contribution in [3.63, 3.8) is 0 Å². The van der Waals surface area contributed by atoms with Crippen LogP contribution in [0, 0.1) is 0 Å². The molecule has 1 aromatic rings. The van der Waals surface area contributed by atoms with Crippen LogP contribution in [-0.4, -0.2) is 28.2 Å². The molecule has 5 heteroatoms. The molecule has 1 aliphatic rings. The van der Waals surface area contributed by atoms with Gasteiger partial charge in [-0.05, 0) is 12.8 Å². The fourth-order valence-corrected chi connectivity index (χ4v) is 1.75. The molecule has 0 atom stereocenters. The first-order valence-electron chi connectivity index (χ1n) is 5.37. The van der Waals surface area contributed by atoms with Crippen molar-refractivity contribution in [3.8, 4) is 0 Å². The van der Waals surface area contributed by atoms with Crippen molar-refractivity contribution in [1.82, 2.24) is 15.0 Å². The molecule has 1 fully saturated rings. The van der Waals surface area contributed by atoms with Crippen LogP contribution in [0.15, 0.2) is 0 Å². The van der Waals surface area contributed by atoms with Crippen LogP contribution in [0.3, 0.4) is 0 Å². The van der Waals surface area contributed by atoms with E-state index in [-0.39, 0.29) is 0 Å². The van der Waals surface area contributed by atoms with Crippen LogP contribution in [0.25, 0.3) is 0 Å². The van der Waals surface area contributed by atoms with Crippen molar-refractivity contribution >= 4 is 5.95 Å². The Balaban J connectivity index is 2.22. The summed E-state index contributed by atoms with van der Waals surface area (Å²) < 4.78 is 5.31. The van der Waals surface area contributed by atoms with Gasteiger partial charge in [0.15, 0.2) is 0 Å². The molecule has 0 unspecified atom stereocenters. The second-order valence-electron chi connectivity index (χ2n) is 3.71. The van der Waals surface area contributed by atoms with Crippen molar-refractivity contribution in [1.29, 1.82) is 0 Å². The minimum atomic E-state index is 0.336. The third-order valence-electron chi connectivity index (χ3n) is 2.62. The summed E-state index contributed by atoms with van der Waals surface area (Å²) in [6.07, 6.45) is 2.75. The standard InChI is InChI=1S/C10H16N4O/c1-2-8-12-9(14-10(11)13-8)7-3-5-15-6-4-7/h7H,2-6H2,1H3,(H2,11,12,13,14). The zero-order chi connectivity index (χ0) is 10.7. The van der Waals surface area contributed by atoms with E-state index in [1.54, 1.807) is 0 Å². The number of nitrogens with two attached hydrogens (primary N) is 1. The van der Waals surface area contributed by atoms with Gasteiger partial charge in [-0.15, -0.1) is 0 Å². The monoisotopic (exact) mass is 208 g/mol. The van der Waals surface area contributed by atoms with Gasteiger partial charge in [-0.2, -0.15) is 9.97 Å². The van der Waals surface area contributed by atoms with Gasteiger partial charge in [0.05, 0.1) is 0 Å². The van der Waals surface area contributed by atoms with Gasteiger partial charge in [0.25, 0.3) is 0 Å². The molecule has 0 spiro atoms. The lowest BCUT2D eigenvalue weighted by molar-refractivity contribution is 0.0835. The number of ether oxygens (including phenoxy) is 1. The molecule has 2 rings (SSSR count). The molecule has 2 heterocycles. The van der Waals surface area contributed by atoms with Crippen molar-refractivity contribution < 1.29 is 4.74 Å². The van der Waals surface area contributed by atoms with Gasteiger partial charge >= 0.3 is 0 Å². The van der Waals surface area contributed by atoms with E-state index in [9.17, 15) is 0 Å². The van der Waals surface area contributed by atoms with Crippen LogP contribution >= 0.6 is 0 Å². The SMILES string of the molecule is CCc1nc(N)nc(C2CCOCC2)n1. The number of hydrogen-bond acceptors (Lipinski definition) is 5. The molecule has 5 nitrogen and oxygen atoms in total. The highest BCUT2D eigenvalue weighted by molar-refractivity contribution is 5.17. The molecule has 15 heavy (non-hydrogen) atoms. The zero-order valence-electron chi connectivity index (χ0n) is 8.94. The molecule has 0 bridgehead atoms. The molecule has 0 amide bonds. The normalized spacial score (nSPS) is 17.9. The zero-order valence-corrected chi connectivity index (χ0v) is 8.94. The molecular weight excluding hydrogens is 192 g/mol. The average molecular weight is 208 g/mol. The van der Waals surface area contributed by atoms with Crippen LogP contribution in [0.5, 0.6) is 0 Å². The minimum Gasteiger partial charge on any atom is -0.381 e. The summed E-state index contributed by atoms with van der Waals surface area (Å²) in [7, 11) is 0. The Morgan fingerprint density at radius 1 is 1.27 bits per heavy atom. The molecule has 2 N–H and O–H groups in total. The van der Waals surface area contributed by atoms with Gasteiger partial charge in [0, 0.05) is 25.6 Å². The minimum absolute atomic E-state index is 0.336. The maximum atomic E-state index is 5.65. The summed E-state index contributed by atoms with van der Waals surface area (Å²) in [5.41, 5.74) is 5.65. The maximum Gasteiger partial charge on any atom is 0.223 e. The van der Waals surface area contributed by atoms with E-state index in [4.69, 9.17) is 10.5 Å². The number of nitrogen functional groups attached to an aromatic ring is 1. The number of rotatable bonds is 2. The number of nitrogens with zero attached hydrogens (tertiary/aromatic N) is 3. The van der Waals surface area contributed by atoms with E-state index in [1.807, 2.05) is 6.92 Å². The summed E-state index contributed by atoms with van der Waals surface area (Å²) in [6.45, 7) is 3.60. The lowest BCUT2D eigenvalue weighted by Gasteiger charge is -2.20. The van der Waals surface area contributed by atoms with Crippen LogP contribution in [0.1, 0.15) is 37.3 Å². The molecule has 1 aromatic heterocycles. The van der Waals surface area contributed by atoms with Crippen molar-refractivity contribution in [2.75, 3.05) is 18.9 Å². The van der Waals surface area contributed by atoms with Crippen LogP contribution < -0.4 is 5.73 Å². The Morgan fingerprint density at radius 3 is 2.67 bits per heavy atom. The number of aromatic nitrogens is 3. The maximum absolute atomic E-state index is 5.65. The highest BCUT2D eigenvalue weighted by atomic mass is 16.5. The van der Waals surface area contributed by atoms with Gasteiger partial charge in [0.1, 0.15) is 11.6 Å². The van der Waals surface area contributed by atoms with E-state index < -0.39 is 0 Å². The summed E-state index contributed by atoms with van der Waals surface area (Å²) in [5.74, 6) is 2.34. The molecule has 0 saturated carbocycles. The average Bonchev–Trinajstić information content (AvgIpc) is 2.29. The van der Waals surface area contributed by atoms with Crippen LogP contribution in [-0.2, 0) is 11.2 Å². The third kappa shape index (κ3) is 2.41. The van der Waals surface area contributed by atoms with Gasteiger partial charge < -0.3 is 10.5 Å². The molecule has 1 saturated heterocycles. The summed E-state index contributed by atoms with van der Waals surface area (Å²) in [6, 6.07) is 0. The van der Waals surface area contributed by atoms with Gasteiger partial charge in [-0.1, -0.05) is 6.92 Å². The predicted molar refractivity (Wildman–Crippen MR) is 56.4 cm³/mol. The molecule has 0 aromatic carbocycles. The summed E-state index contributed by atoms with van der Waals surface area (Å²) >= 11 is 0. The fourth-order valence-electron chi connectivity index (χ4n) is 1.75. The smallest absolute Gasteiger partial charge is 0.223 e. The lowest BCUT2D eigenvalue weighted by Crippen LogP contribution is -2.18. The van der Waals surface area contributed by atoms with E-state index in [0.717, 1.165) is 44.1 Å². The van der Waals surface area contributed by atoms with Crippen molar-refractivity contribution in [2.24, 2.45) is 0 Å². The Morgan fingerprint density at radius 2 is 2.00 bits per heavy atom. The molecule has 1 aliphatic heterocycles. The molecule has 0 radical (unpaired) electrons. The van der Waals surface area contributed by atoms with Gasteiger partial charge in [-0.3, -0.25) is 0 Å². The molecule has 82 valence electrons. The largest absolute Gasteiger partial charge is 0.381 e. The Kier molecular flexibility index (Phi) is 3.11. The Hall–Kier alpha value is -1.23. The highest BCUT2D eigenvalue weighted by Crippen LogP contribution is 2.24. The van der Waals surface area contributed by atoms with E-state index in [2.05, 4.69) is 15.0 Å². The van der Waals surface area contributed by atoms with Crippen LogP contribution in [0.4, 0.5) is 5.95 Å². The number of anilines is 1.